The molecular weight excluding hydrogens is 504 g/mol. The maximum Gasteiger partial charge on any atom is 0.335 e. The zero-order chi connectivity index (χ0) is 28.2. The van der Waals surface area contributed by atoms with Crippen LogP contribution in [0.3, 0.4) is 0 Å². The Labute approximate surface area is 223 Å². The van der Waals surface area contributed by atoms with Gasteiger partial charge in [-0.2, -0.15) is 0 Å². The highest BCUT2D eigenvalue weighted by Gasteiger charge is 2.39. The fraction of sp³-hybridized carbons (Fsp3) is 0.214. The minimum absolute atomic E-state index is 0.103. The van der Waals surface area contributed by atoms with Crippen molar-refractivity contribution in [1.29, 1.82) is 0 Å². The molecular formula is C28H28N4O7. The van der Waals surface area contributed by atoms with Crippen LogP contribution in [-0.2, 0) is 21.7 Å². The largest absolute Gasteiger partial charge is 0.479 e. The van der Waals surface area contributed by atoms with Gasteiger partial charge in [-0.15, -0.1) is 0 Å². The second kappa shape index (κ2) is 11.4. The molecule has 3 aromatic carbocycles. The molecule has 1 aromatic heterocycles. The number of para-hydroxylation sites is 1. The molecule has 0 fully saturated rings. The lowest BCUT2D eigenvalue weighted by Crippen LogP contribution is -2.42. The first kappa shape index (κ1) is 27.5. The van der Waals surface area contributed by atoms with Crippen LogP contribution in [0.25, 0.3) is 10.8 Å². The van der Waals surface area contributed by atoms with Gasteiger partial charge in [-0.25, -0.2) is 9.78 Å². The van der Waals surface area contributed by atoms with Gasteiger partial charge in [-0.05, 0) is 46.7 Å². The third-order valence-corrected chi connectivity index (χ3v) is 6.52. The average Bonchev–Trinajstić information content (AvgIpc) is 3.56. The molecule has 11 nitrogen and oxygen atoms in total. The summed E-state index contributed by atoms with van der Waals surface area (Å²) >= 11 is 0. The first-order valence-electron chi connectivity index (χ1n) is 12.1. The van der Waals surface area contributed by atoms with E-state index in [9.17, 15) is 24.6 Å². The number of aromatic nitrogens is 2. The number of anilines is 1. The van der Waals surface area contributed by atoms with Gasteiger partial charge in [-0.1, -0.05) is 36.4 Å². The number of hydrogen-bond donors (Lipinski definition) is 6. The van der Waals surface area contributed by atoms with E-state index < -0.39 is 29.7 Å². The predicted molar refractivity (Wildman–Crippen MR) is 142 cm³/mol. The van der Waals surface area contributed by atoms with Crippen LogP contribution in [-0.4, -0.2) is 67.0 Å². The van der Waals surface area contributed by atoms with Crippen molar-refractivity contribution in [3.63, 3.8) is 0 Å². The molecule has 0 saturated carbocycles. The zero-order valence-electron chi connectivity index (χ0n) is 21.0. The average molecular weight is 533 g/mol. The summed E-state index contributed by atoms with van der Waals surface area (Å²) in [4.78, 5) is 37.4. The topological polar surface area (TPSA) is 174 Å². The first-order chi connectivity index (χ1) is 18.6. The van der Waals surface area contributed by atoms with Crippen LogP contribution in [0, 0.1) is 0 Å². The highest BCUT2D eigenvalue weighted by molar-refractivity contribution is 5.99. The molecule has 0 saturated heterocycles. The Morgan fingerprint density at radius 2 is 1.67 bits per heavy atom. The number of fused-ring (bicyclic) bond motifs is 2. The zero-order valence-corrected chi connectivity index (χ0v) is 21.0. The van der Waals surface area contributed by atoms with Crippen molar-refractivity contribution in [3.8, 4) is 0 Å². The lowest BCUT2D eigenvalue weighted by atomic mass is 9.88. The molecule has 5 rings (SSSR count). The Morgan fingerprint density at radius 3 is 2.36 bits per heavy atom. The SMILES string of the molecule is CNC(=O)c1ccc2cc(C3(O)CCn4cncc43)ccc2c1.O=C(O)C(O)C(O)C(=O)Nc1ccccc1. The molecule has 11 heteroatoms. The number of carboxylic acid groups (broad SMARTS) is 1. The Balaban J connectivity index is 0.000000195. The van der Waals surface area contributed by atoms with Crippen molar-refractivity contribution in [1.82, 2.24) is 14.9 Å². The number of nitrogens with one attached hydrogen (secondary N) is 2. The summed E-state index contributed by atoms with van der Waals surface area (Å²) in [7, 11) is 1.62. The molecule has 2 amide bonds. The number of rotatable bonds is 6. The van der Waals surface area contributed by atoms with Gasteiger partial charge in [0.05, 0.1) is 18.2 Å². The second-order valence-corrected chi connectivity index (χ2v) is 9.02. The summed E-state index contributed by atoms with van der Waals surface area (Å²) in [6, 6.07) is 19.6. The van der Waals surface area contributed by atoms with Crippen molar-refractivity contribution >= 4 is 34.2 Å². The fourth-order valence-corrected chi connectivity index (χ4v) is 4.35. The van der Waals surface area contributed by atoms with Crippen LogP contribution in [0.5, 0.6) is 0 Å². The number of carboxylic acids is 1. The Hall–Kier alpha value is -4.58. The number of aryl methyl sites for hydroxylation is 1. The van der Waals surface area contributed by atoms with Gasteiger partial charge in [0.25, 0.3) is 11.8 Å². The summed E-state index contributed by atoms with van der Waals surface area (Å²) in [5, 5.41) is 44.5. The van der Waals surface area contributed by atoms with E-state index in [4.69, 9.17) is 10.2 Å². The smallest absolute Gasteiger partial charge is 0.335 e. The number of imidazole rings is 1. The first-order valence-corrected chi connectivity index (χ1v) is 12.1. The van der Waals surface area contributed by atoms with E-state index in [0.29, 0.717) is 17.7 Å². The number of hydrogen-bond acceptors (Lipinski definition) is 7. The number of carbonyl (C=O) groups excluding carboxylic acids is 2. The van der Waals surface area contributed by atoms with E-state index in [1.807, 2.05) is 34.9 Å². The second-order valence-electron chi connectivity index (χ2n) is 9.02. The van der Waals surface area contributed by atoms with Crippen LogP contribution in [0.2, 0.25) is 0 Å². The molecule has 2 heterocycles. The lowest BCUT2D eigenvalue weighted by molar-refractivity contribution is -0.156. The van der Waals surface area contributed by atoms with Gasteiger partial charge in [0.2, 0.25) is 0 Å². The molecule has 0 radical (unpaired) electrons. The summed E-state index contributed by atoms with van der Waals surface area (Å²) in [5.41, 5.74) is 1.73. The monoisotopic (exact) mass is 532 g/mol. The van der Waals surface area contributed by atoms with Crippen LogP contribution < -0.4 is 10.6 Å². The molecule has 0 aliphatic carbocycles. The van der Waals surface area contributed by atoms with Gasteiger partial charge in [0.15, 0.2) is 12.2 Å². The number of carbonyl (C=O) groups is 3. The molecule has 1 aliphatic heterocycles. The summed E-state index contributed by atoms with van der Waals surface area (Å²) in [6.45, 7) is 0.763. The van der Waals surface area contributed by atoms with Crippen molar-refractivity contribution in [2.24, 2.45) is 0 Å². The molecule has 39 heavy (non-hydrogen) atoms. The molecule has 0 bridgehead atoms. The fourth-order valence-electron chi connectivity index (χ4n) is 4.35. The van der Waals surface area contributed by atoms with Crippen LogP contribution >= 0.6 is 0 Å². The maximum atomic E-state index is 11.7. The maximum absolute atomic E-state index is 11.7. The summed E-state index contributed by atoms with van der Waals surface area (Å²) in [6.07, 6.45) is -0.0100. The van der Waals surface area contributed by atoms with Gasteiger partial charge in [-0.3, -0.25) is 9.59 Å². The third kappa shape index (κ3) is 5.80. The van der Waals surface area contributed by atoms with E-state index in [-0.39, 0.29) is 5.91 Å². The molecule has 1 aliphatic rings. The molecule has 202 valence electrons. The number of benzene rings is 3. The molecule has 0 spiro atoms. The van der Waals surface area contributed by atoms with Crippen molar-refractivity contribution in [2.75, 3.05) is 12.4 Å². The minimum Gasteiger partial charge on any atom is -0.479 e. The number of nitrogens with zero attached hydrogens (tertiary/aromatic N) is 2. The number of aliphatic carboxylic acids is 1. The van der Waals surface area contributed by atoms with Crippen LogP contribution in [0.4, 0.5) is 5.69 Å². The Morgan fingerprint density at radius 1 is 0.974 bits per heavy atom. The van der Waals surface area contributed by atoms with Gasteiger partial charge < -0.3 is 35.6 Å². The Kier molecular flexibility index (Phi) is 8.05. The van der Waals surface area contributed by atoms with E-state index in [0.717, 1.165) is 28.6 Å². The Bertz CT molecular complexity index is 1500. The third-order valence-electron chi connectivity index (χ3n) is 6.52. The highest BCUT2D eigenvalue weighted by Crippen LogP contribution is 2.39. The summed E-state index contributed by atoms with van der Waals surface area (Å²) in [5.74, 6) is -2.73. The van der Waals surface area contributed by atoms with Crippen molar-refractivity contribution in [3.05, 3.63) is 96.1 Å². The summed E-state index contributed by atoms with van der Waals surface area (Å²) < 4.78 is 1.99. The van der Waals surface area contributed by atoms with Gasteiger partial charge in [0.1, 0.15) is 5.60 Å². The van der Waals surface area contributed by atoms with Gasteiger partial charge >= 0.3 is 5.97 Å². The quantitative estimate of drug-likeness (QED) is 0.216. The van der Waals surface area contributed by atoms with E-state index in [2.05, 4.69) is 15.6 Å². The van der Waals surface area contributed by atoms with Crippen molar-refractivity contribution in [2.45, 2.75) is 30.8 Å². The number of amides is 2. The normalized spacial score (nSPS) is 17.3. The number of aliphatic hydroxyl groups excluding tert-OH is 2. The number of aliphatic hydroxyl groups is 3. The molecule has 6 N–H and O–H groups in total. The van der Waals surface area contributed by atoms with Crippen molar-refractivity contribution < 1.29 is 34.8 Å². The van der Waals surface area contributed by atoms with Gasteiger partial charge in [0, 0.05) is 31.3 Å². The van der Waals surface area contributed by atoms with E-state index in [1.165, 1.54) is 0 Å². The molecule has 3 unspecified atom stereocenters. The van der Waals surface area contributed by atoms with E-state index >= 15 is 0 Å². The van der Waals surface area contributed by atoms with Crippen LogP contribution in [0.15, 0.2) is 79.3 Å². The van der Waals surface area contributed by atoms with E-state index in [1.54, 1.807) is 56.0 Å². The predicted octanol–water partition coefficient (Wildman–Crippen LogP) is 1.47. The lowest BCUT2D eigenvalue weighted by Gasteiger charge is -2.23. The molecule has 4 aromatic rings. The minimum atomic E-state index is -2.14. The van der Waals surface area contributed by atoms with Crippen LogP contribution in [0.1, 0.15) is 28.0 Å². The molecule has 3 atom stereocenters. The highest BCUT2D eigenvalue weighted by atomic mass is 16.4. The standard InChI is InChI=1S/C18H17N3O2.C10H11NO5/c1-19-17(22)14-3-2-13-9-15(5-4-12(13)8-14)18(23)6-7-21-11-20-10-16(18)21;12-7(8(13)10(15)16)9(14)11-6-4-2-1-3-5-6/h2-5,8-11,23H,6-7H2,1H3,(H,19,22);1-5,7-8,12-13H,(H,11,14)(H,15,16).